The van der Waals surface area contributed by atoms with Crippen molar-refractivity contribution >= 4 is 22.0 Å². The van der Waals surface area contributed by atoms with E-state index in [1.807, 2.05) is 31.2 Å². The first kappa shape index (κ1) is 15.8. The average Bonchev–Trinajstić information content (AvgIpc) is 2.47. The number of aliphatic hydroxyl groups excluding tert-OH is 1. The highest BCUT2D eigenvalue weighted by Gasteiger charge is 2.44. The molecule has 1 spiro atoms. The Hall–Kier alpha value is -1.07. The summed E-state index contributed by atoms with van der Waals surface area (Å²) in [5.41, 5.74) is 0.657. The summed E-state index contributed by atoms with van der Waals surface area (Å²) in [7, 11) is 0. The van der Waals surface area contributed by atoms with E-state index in [0.717, 1.165) is 35.7 Å². The van der Waals surface area contributed by atoms with Gasteiger partial charge in [-0.05, 0) is 43.9 Å². The second-order valence-corrected chi connectivity index (χ2v) is 7.39. The molecular formula is C17H22BrNO3. The van der Waals surface area contributed by atoms with E-state index < -0.39 is 5.60 Å². The van der Waals surface area contributed by atoms with Crippen molar-refractivity contribution in [2.45, 2.75) is 56.8 Å². The van der Waals surface area contributed by atoms with Crippen LogP contribution in [-0.2, 0) is 4.74 Å². The molecule has 3 atom stereocenters. The van der Waals surface area contributed by atoms with Gasteiger partial charge in [0.25, 0.3) is 0 Å². The molecule has 1 saturated carbocycles. The molecule has 3 rings (SSSR count). The number of rotatable bonds is 2. The fraction of sp³-hybridized carbons (Fsp3) is 0.588. The molecule has 4 nitrogen and oxygen atoms in total. The zero-order valence-corrected chi connectivity index (χ0v) is 14.4. The van der Waals surface area contributed by atoms with Gasteiger partial charge in [-0.25, -0.2) is 4.79 Å². The minimum absolute atomic E-state index is 0.00790. The van der Waals surface area contributed by atoms with Crippen molar-refractivity contribution in [3.05, 3.63) is 34.3 Å². The van der Waals surface area contributed by atoms with E-state index in [9.17, 15) is 9.90 Å². The minimum Gasteiger partial charge on any atom is -0.443 e. The van der Waals surface area contributed by atoms with Gasteiger partial charge in [-0.1, -0.05) is 28.1 Å². The smallest absolute Gasteiger partial charge is 0.410 e. The molecule has 1 heterocycles. The summed E-state index contributed by atoms with van der Waals surface area (Å²) in [6, 6.07) is 8.01. The van der Waals surface area contributed by atoms with Crippen LogP contribution in [0.15, 0.2) is 28.7 Å². The van der Waals surface area contributed by atoms with Gasteiger partial charge in [0.1, 0.15) is 5.60 Å². The second kappa shape index (κ2) is 6.20. The van der Waals surface area contributed by atoms with Crippen LogP contribution >= 0.6 is 15.9 Å². The number of ether oxygens (including phenoxy) is 1. The second-order valence-electron chi connectivity index (χ2n) is 6.47. The Bertz CT molecular complexity index is 547. The van der Waals surface area contributed by atoms with E-state index in [0.29, 0.717) is 13.0 Å². The number of benzene rings is 1. The number of carbonyl (C=O) groups is 1. The molecule has 1 aliphatic heterocycles. The monoisotopic (exact) mass is 367 g/mol. The van der Waals surface area contributed by atoms with Gasteiger partial charge < -0.3 is 14.7 Å². The summed E-state index contributed by atoms with van der Waals surface area (Å²) in [6.45, 7) is 2.71. The topological polar surface area (TPSA) is 49.8 Å². The number of nitrogens with zero attached hydrogens (tertiary/aromatic N) is 1. The number of hydrogen-bond acceptors (Lipinski definition) is 3. The minimum atomic E-state index is -0.440. The molecule has 2 aliphatic rings. The van der Waals surface area contributed by atoms with Gasteiger partial charge in [-0.3, -0.25) is 0 Å². The highest BCUT2D eigenvalue weighted by Crippen LogP contribution is 2.39. The third-order valence-electron chi connectivity index (χ3n) is 4.94. The van der Waals surface area contributed by atoms with E-state index in [4.69, 9.17) is 4.74 Å². The lowest BCUT2D eigenvalue weighted by Gasteiger charge is -2.46. The molecule has 0 bridgehead atoms. The number of amides is 1. The summed E-state index contributed by atoms with van der Waals surface area (Å²) in [4.78, 5) is 14.3. The van der Waals surface area contributed by atoms with Crippen LogP contribution in [0.4, 0.5) is 4.79 Å². The van der Waals surface area contributed by atoms with Crippen molar-refractivity contribution in [1.29, 1.82) is 0 Å². The first-order chi connectivity index (χ1) is 10.5. The van der Waals surface area contributed by atoms with Crippen LogP contribution in [-0.4, -0.2) is 34.3 Å². The maximum Gasteiger partial charge on any atom is 0.410 e. The standard InChI is InChI=1S/C17H22BrNO3/c1-12(13-4-6-14(18)7-5-13)19-10-9-17(22-16(19)21)8-2-3-15(20)11-17/h4-7,12,15,20H,2-3,8-11H2,1H3/t12-,15+,17-/m0/s1. The van der Waals surface area contributed by atoms with Crippen LogP contribution < -0.4 is 0 Å². The number of hydrogen-bond donors (Lipinski definition) is 1. The molecule has 1 aliphatic carbocycles. The molecule has 0 unspecified atom stereocenters. The van der Waals surface area contributed by atoms with Crippen molar-refractivity contribution in [2.24, 2.45) is 0 Å². The lowest BCUT2D eigenvalue weighted by atomic mass is 9.80. The average molecular weight is 368 g/mol. The van der Waals surface area contributed by atoms with Gasteiger partial charge in [-0.2, -0.15) is 0 Å². The van der Waals surface area contributed by atoms with Crippen molar-refractivity contribution in [3.8, 4) is 0 Å². The zero-order chi connectivity index (χ0) is 15.7. The fourth-order valence-electron chi connectivity index (χ4n) is 3.60. The summed E-state index contributed by atoms with van der Waals surface area (Å²) >= 11 is 3.43. The first-order valence-electron chi connectivity index (χ1n) is 7.92. The number of carbonyl (C=O) groups excluding carboxylic acids is 1. The Morgan fingerprint density at radius 2 is 2.09 bits per heavy atom. The predicted molar refractivity (Wildman–Crippen MR) is 87.6 cm³/mol. The third kappa shape index (κ3) is 3.15. The van der Waals surface area contributed by atoms with E-state index in [2.05, 4.69) is 15.9 Å². The molecule has 1 aromatic carbocycles. The van der Waals surface area contributed by atoms with Gasteiger partial charge >= 0.3 is 6.09 Å². The van der Waals surface area contributed by atoms with Gasteiger partial charge in [0.15, 0.2) is 0 Å². The normalized spacial score (nSPS) is 30.2. The first-order valence-corrected chi connectivity index (χ1v) is 8.72. The van der Waals surface area contributed by atoms with E-state index in [1.54, 1.807) is 4.90 Å². The fourth-order valence-corrected chi connectivity index (χ4v) is 3.86. The molecule has 0 aromatic heterocycles. The van der Waals surface area contributed by atoms with Crippen LogP contribution in [0.1, 0.15) is 50.6 Å². The van der Waals surface area contributed by atoms with Gasteiger partial charge in [0, 0.05) is 23.9 Å². The summed E-state index contributed by atoms with van der Waals surface area (Å²) in [6.07, 6.45) is 3.41. The van der Waals surface area contributed by atoms with Gasteiger partial charge in [0.2, 0.25) is 0 Å². The maximum atomic E-state index is 12.5. The molecule has 22 heavy (non-hydrogen) atoms. The molecule has 120 valence electrons. The summed E-state index contributed by atoms with van der Waals surface area (Å²) in [5.74, 6) is 0. The van der Waals surface area contributed by atoms with Crippen molar-refractivity contribution < 1.29 is 14.6 Å². The molecule has 5 heteroatoms. The highest BCUT2D eigenvalue weighted by atomic mass is 79.9. The Labute approximate surface area is 139 Å². The van der Waals surface area contributed by atoms with Crippen molar-refractivity contribution in [2.75, 3.05) is 6.54 Å². The molecule has 0 radical (unpaired) electrons. The van der Waals surface area contributed by atoms with Crippen LogP contribution in [0.2, 0.25) is 0 Å². The summed E-state index contributed by atoms with van der Waals surface area (Å²) < 4.78 is 6.81. The van der Waals surface area contributed by atoms with Gasteiger partial charge in [0.05, 0.1) is 12.1 Å². The largest absolute Gasteiger partial charge is 0.443 e. The van der Waals surface area contributed by atoms with Crippen molar-refractivity contribution in [3.63, 3.8) is 0 Å². The van der Waals surface area contributed by atoms with E-state index >= 15 is 0 Å². The Morgan fingerprint density at radius 3 is 2.73 bits per heavy atom. The number of aliphatic hydroxyl groups is 1. The molecular weight excluding hydrogens is 346 g/mol. The molecule has 1 saturated heterocycles. The lowest BCUT2D eigenvalue weighted by Crippen LogP contribution is -2.52. The molecule has 1 amide bonds. The number of halogens is 1. The third-order valence-corrected chi connectivity index (χ3v) is 5.47. The predicted octanol–water partition coefficient (Wildman–Crippen LogP) is 4.03. The van der Waals surface area contributed by atoms with Crippen molar-refractivity contribution in [1.82, 2.24) is 4.90 Å². The molecule has 1 N–H and O–H groups in total. The van der Waals surface area contributed by atoms with Gasteiger partial charge in [-0.15, -0.1) is 0 Å². The lowest BCUT2D eigenvalue weighted by molar-refractivity contribution is -0.0990. The Morgan fingerprint density at radius 1 is 1.36 bits per heavy atom. The van der Waals surface area contributed by atoms with E-state index in [-0.39, 0.29) is 18.2 Å². The van der Waals surface area contributed by atoms with Crippen LogP contribution in [0, 0.1) is 0 Å². The highest BCUT2D eigenvalue weighted by molar-refractivity contribution is 9.10. The van der Waals surface area contributed by atoms with E-state index in [1.165, 1.54) is 0 Å². The van der Waals surface area contributed by atoms with Crippen LogP contribution in [0.25, 0.3) is 0 Å². The Balaban J connectivity index is 1.70. The SMILES string of the molecule is C[C@@H](c1ccc(Br)cc1)N1CC[C@]2(CCC[C@@H](O)C2)OC1=O. The summed E-state index contributed by atoms with van der Waals surface area (Å²) in [5, 5.41) is 9.88. The van der Waals surface area contributed by atoms with Crippen LogP contribution in [0.3, 0.4) is 0 Å². The van der Waals surface area contributed by atoms with Crippen LogP contribution in [0.5, 0.6) is 0 Å². The molecule has 1 aromatic rings. The Kier molecular flexibility index (Phi) is 4.46. The quantitative estimate of drug-likeness (QED) is 0.858. The molecule has 2 fully saturated rings. The maximum absolute atomic E-state index is 12.5. The zero-order valence-electron chi connectivity index (χ0n) is 12.8.